The number of pyridine rings is 1. The summed E-state index contributed by atoms with van der Waals surface area (Å²) in [4.78, 5) is 4.05. The summed E-state index contributed by atoms with van der Waals surface area (Å²) in [5.74, 6) is 0.271. The number of hydrogen-bond donors (Lipinski definition) is 2. The molecule has 1 aromatic heterocycles. The Morgan fingerprint density at radius 2 is 2.00 bits per heavy atom. The molecule has 0 aliphatic heterocycles. The van der Waals surface area contributed by atoms with Crippen molar-refractivity contribution >= 4 is 17.3 Å². The van der Waals surface area contributed by atoms with E-state index in [1.165, 1.54) is 0 Å². The number of hydrogen-bond acceptors (Lipinski definition) is 3. The van der Waals surface area contributed by atoms with E-state index in [9.17, 15) is 5.11 Å². The summed E-state index contributed by atoms with van der Waals surface area (Å²) in [6.07, 6.45) is 4.29. The number of aromatic nitrogens is 1. The van der Waals surface area contributed by atoms with Crippen LogP contribution in [0.1, 0.15) is 24.9 Å². The molecule has 3 nitrogen and oxygen atoms in total. The number of benzene rings is 1. The smallest absolute Gasteiger partial charge is 0.115 e. The van der Waals surface area contributed by atoms with Gasteiger partial charge in [0.2, 0.25) is 0 Å². The maximum atomic E-state index is 9.29. The van der Waals surface area contributed by atoms with Crippen molar-refractivity contribution in [3.05, 3.63) is 53.3 Å². The van der Waals surface area contributed by atoms with Crippen LogP contribution >= 0.6 is 11.6 Å². The number of nitrogens with zero attached hydrogens (tertiary/aromatic N) is 1. The number of halogens is 1. The van der Waals surface area contributed by atoms with E-state index in [-0.39, 0.29) is 11.8 Å². The molecule has 0 spiro atoms. The first-order chi connectivity index (χ1) is 8.70. The standard InChI is InChI=1S/C14H15ClN2O/c1-2-13(10-3-5-11(18)6-4-10)17-14-9-16-8-7-12(14)15/h3-9,13,17-18H,2H2,1H3. The highest BCUT2D eigenvalue weighted by molar-refractivity contribution is 6.33. The highest BCUT2D eigenvalue weighted by Gasteiger charge is 2.10. The SMILES string of the molecule is CCC(Nc1cnccc1Cl)c1ccc(O)cc1. The second-order valence-corrected chi connectivity index (χ2v) is 4.46. The van der Waals surface area contributed by atoms with Crippen LogP contribution in [-0.2, 0) is 0 Å². The van der Waals surface area contributed by atoms with Crippen molar-refractivity contribution in [2.24, 2.45) is 0 Å². The molecule has 0 amide bonds. The molecule has 1 heterocycles. The van der Waals surface area contributed by atoms with Gasteiger partial charge < -0.3 is 10.4 Å². The van der Waals surface area contributed by atoms with Crippen LogP contribution in [0.4, 0.5) is 5.69 Å². The number of phenolic OH excluding ortho intramolecular Hbond substituents is 1. The fraction of sp³-hybridized carbons (Fsp3) is 0.214. The third kappa shape index (κ3) is 2.93. The molecule has 0 saturated heterocycles. The van der Waals surface area contributed by atoms with Gasteiger partial charge in [-0.2, -0.15) is 0 Å². The summed E-state index contributed by atoms with van der Waals surface area (Å²) in [5.41, 5.74) is 1.93. The molecule has 94 valence electrons. The Morgan fingerprint density at radius 1 is 1.28 bits per heavy atom. The zero-order valence-electron chi connectivity index (χ0n) is 10.1. The molecule has 0 radical (unpaired) electrons. The summed E-state index contributed by atoms with van der Waals surface area (Å²) in [6, 6.07) is 9.08. The second kappa shape index (κ2) is 5.74. The number of nitrogens with one attached hydrogen (secondary N) is 1. The highest BCUT2D eigenvalue weighted by Crippen LogP contribution is 2.27. The van der Waals surface area contributed by atoms with Crippen LogP contribution in [0.25, 0.3) is 0 Å². The van der Waals surface area contributed by atoms with Gasteiger partial charge in [0.25, 0.3) is 0 Å². The van der Waals surface area contributed by atoms with Crippen LogP contribution in [0.3, 0.4) is 0 Å². The van der Waals surface area contributed by atoms with Crippen LogP contribution < -0.4 is 5.32 Å². The van der Waals surface area contributed by atoms with Crippen molar-refractivity contribution in [1.29, 1.82) is 0 Å². The van der Waals surface area contributed by atoms with Gasteiger partial charge in [0.15, 0.2) is 0 Å². The molecule has 1 atom stereocenters. The van der Waals surface area contributed by atoms with Crippen LogP contribution in [0.5, 0.6) is 5.75 Å². The minimum atomic E-state index is 0.146. The number of rotatable bonds is 4. The molecule has 0 saturated carbocycles. The average molecular weight is 263 g/mol. The Morgan fingerprint density at radius 3 is 2.61 bits per heavy atom. The van der Waals surface area contributed by atoms with Crippen molar-refractivity contribution in [1.82, 2.24) is 4.98 Å². The summed E-state index contributed by atoms with van der Waals surface area (Å²) < 4.78 is 0. The van der Waals surface area contributed by atoms with E-state index in [4.69, 9.17) is 11.6 Å². The van der Waals surface area contributed by atoms with Gasteiger partial charge in [-0.05, 0) is 30.2 Å². The third-order valence-corrected chi connectivity index (χ3v) is 3.13. The topological polar surface area (TPSA) is 45.2 Å². The average Bonchev–Trinajstić information content (AvgIpc) is 2.39. The Hall–Kier alpha value is -1.74. The van der Waals surface area contributed by atoms with Crippen LogP contribution in [-0.4, -0.2) is 10.1 Å². The first-order valence-corrected chi connectivity index (χ1v) is 6.23. The summed E-state index contributed by atoms with van der Waals surface area (Å²) in [5, 5.41) is 13.3. The van der Waals surface area contributed by atoms with E-state index >= 15 is 0 Å². The zero-order chi connectivity index (χ0) is 13.0. The van der Waals surface area contributed by atoms with Gasteiger partial charge in [-0.15, -0.1) is 0 Å². The lowest BCUT2D eigenvalue weighted by Gasteiger charge is -2.19. The van der Waals surface area contributed by atoms with Crippen molar-refractivity contribution in [3.8, 4) is 5.75 Å². The lowest BCUT2D eigenvalue weighted by atomic mass is 10.0. The molecule has 0 fully saturated rings. The predicted molar refractivity (Wildman–Crippen MR) is 74.0 cm³/mol. The molecular formula is C14H15ClN2O. The first-order valence-electron chi connectivity index (χ1n) is 5.85. The Kier molecular flexibility index (Phi) is 4.05. The first kappa shape index (κ1) is 12.7. The van der Waals surface area contributed by atoms with Crippen LogP contribution in [0.15, 0.2) is 42.7 Å². The lowest BCUT2D eigenvalue weighted by Crippen LogP contribution is -2.10. The molecule has 1 aromatic carbocycles. The molecule has 0 aliphatic rings. The van der Waals surface area contributed by atoms with E-state index < -0.39 is 0 Å². The van der Waals surface area contributed by atoms with Gasteiger partial charge in [0.1, 0.15) is 5.75 Å². The van der Waals surface area contributed by atoms with Crippen molar-refractivity contribution in [2.75, 3.05) is 5.32 Å². The lowest BCUT2D eigenvalue weighted by molar-refractivity contribution is 0.475. The molecule has 4 heteroatoms. The minimum Gasteiger partial charge on any atom is -0.508 e. The second-order valence-electron chi connectivity index (χ2n) is 4.05. The van der Waals surface area contributed by atoms with Crippen molar-refractivity contribution in [2.45, 2.75) is 19.4 Å². The molecule has 2 aromatic rings. The predicted octanol–water partition coefficient (Wildman–Crippen LogP) is 4.00. The van der Waals surface area contributed by atoms with Crippen molar-refractivity contribution in [3.63, 3.8) is 0 Å². The molecule has 2 N–H and O–H groups in total. The van der Waals surface area contributed by atoms with E-state index in [0.29, 0.717) is 5.02 Å². The maximum absolute atomic E-state index is 9.29. The van der Waals surface area contributed by atoms with E-state index in [1.54, 1.807) is 30.6 Å². The summed E-state index contributed by atoms with van der Waals surface area (Å²) in [7, 11) is 0. The molecule has 0 bridgehead atoms. The molecule has 1 unspecified atom stereocenters. The van der Waals surface area contributed by atoms with Gasteiger partial charge >= 0.3 is 0 Å². The summed E-state index contributed by atoms with van der Waals surface area (Å²) >= 11 is 6.10. The Bertz CT molecular complexity index is 513. The van der Waals surface area contributed by atoms with Gasteiger partial charge in [0, 0.05) is 6.20 Å². The zero-order valence-corrected chi connectivity index (χ0v) is 10.9. The number of anilines is 1. The van der Waals surface area contributed by atoms with Gasteiger partial charge in [-0.1, -0.05) is 30.7 Å². The normalized spacial score (nSPS) is 12.1. The quantitative estimate of drug-likeness (QED) is 0.875. The Balaban J connectivity index is 2.20. The highest BCUT2D eigenvalue weighted by atomic mass is 35.5. The molecule has 2 rings (SSSR count). The largest absolute Gasteiger partial charge is 0.508 e. The van der Waals surface area contributed by atoms with E-state index in [0.717, 1.165) is 17.7 Å². The number of aromatic hydroxyl groups is 1. The monoisotopic (exact) mass is 262 g/mol. The van der Waals surface area contributed by atoms with Gasteiger partial charge in [0.05, 0.1) is 22.9 Å². The van der Waals surface area contributed by atoms with E-state index in [1.807, 2.05) is 12.1 Å². The van der Waals surface area contributed by atoms with Crippen LogP contribution in [0, 0.1) is 0 Å². The van der Waals surface area contributed by atoms with Crippen molar-refractivity contribution < 1.29 is 5.11 Å². The van der Waals surface area contributed by atoms with Gasteiger partial charge in [-0.3, -0.25) is 4.98 Å². The molecular weight excluding hydrogens is 248 g/mol. The van der Waals surface area contributed by atoms with Gasteiger partial charge in [-0.25, -0.2) is 0 Å². The third-order valence-electron chi connectivity index (χ3n) is 2.80. The Labute approximate surface area is 111 Å². The molecule has 0 aliphatic carbocycles. The summed E-state index contributed by atoms with van der Waals surface area (Å²) in [6.45, 7) is 2.09. The number of phenols is 1. The minimum absolute atomic E-state index is 0.146. The maximum Gasteiger partial charge on any atom is 0.115 e. The van der Waals surface area contributed by atoms with Crippen LogP contribution in [0.2, 0.25) is 5.02 Å². The van der Waals surface area contributed by atoms with E-state index in [2.05, 4.69) is 17.2 Å². The fourth-order valence-corrected chi connectivity index (χ4v) is 1.96. The molecule has 18 heavy (non-hydrogen) atoms. The fourth-order valence-electron chi connectivity index (χ4n) is 1.80.